The molecular weight excluding hydrogens is 196 g/mol. The quantitative estimate of drug-likeness (QED) is 0.169. The number of aliphatic hydroxyl groups excluding tert-OH is 2. The van der Waals surface area contributed by atoms with Gasteiger partial charge >= 0.3 is 0 Å². The van der Waals surface area contributed by atoms with Crippen molar-refractivity contribution in [2.45, 2.75) is 32.6 Å². The van der Waals surface area contributed by atoms with E-state index in [9.17, 15) is 14.7 Å². The Morgan fingerprint density at radius 2 is 1.87 bits per heavy atom. The summed E-state index contributed by atoms with van der Waals surface area (Å²) in [6.07, 6.45) is 5.85. The molecule has 0 atom stereocenters. The molecule has 0 spiro atoms. The van der Waals surface area contributed by atoms with Crippen LogP contribution in [0, 0.1) is 0 Å². The van der Waals surface area contributed by atoms with Gasteiger partial charge in [-0.2, -0.15) is 0 Å². The first-order valence-corrected chi connectivity index (χ1v) is 4.91. The fraction of sp³-hybridized carbons (Fsp3) is 0.455. The van der Waals surface area contributed by atoms with Crippen molar-refractivity contribution in [1.82, 2.24) is 0 Å². The van der Waals surface area contributed by atoms with Crippen molar-refractivity contribution in [3.63, 3.8) is 0 Å². The predicted molar refractivity (Wildman–Crippen MR) is 56.6 cm³/mol. The molecule has 0 heterocycles. The Balaban J connectivity index is 4.17. The highest BCUT2D eigenvalue weighted by atomic mass is 16.3. The molecule has 0 radical (unpaired) electrons. The van der Waals surface area contributed by atoms with Crippen molar-refractivity contribution in [2.24, 2.45) is 0 Å². The highest BCUT2D eigenvalue weighted by Gasteiger charge is 2.02. The van der Waals surface area contributed by atoms with Crippen LogP contribution in [-0.4, -0.2) is 22.3 Å². The van der Waals surface area contributed by atoms with E-state index in [1.54, 1.807) is 0 Å². The van der Waals surface area contributed by atoms with E-state index in [4.69, 9.17) is 5.11 Å². The van der Waals surface area contributed by atoms with Gasteiger partial charge in [0.05, 0.1) is 0 Å². The van der Waals surface area contributed by atoms with Crippen LogP contribution >= 0.6 is 0 Å². The summed E-state index contributed by atoms with van der Waals surface area (Å²) >= 11 is 0. The Bertz CT molecular complexity index is 276. The highest BCUT2D eigenvalue weighted by molar-refractivity contribution is 6.30. The van der Waals surface area contributed by atoms with Crippen molar-refractivity contribution < 1.29 is 19.8 Å². The fourth-order valence-electron chi connectivity index (χ4n) is 0.980. The molecular formula is C11H16O4. The van der Waals surface area contributed by atoms with Crippen LogP contribution in [0.2, 0.25) is 0 Å². The van der Waals surface area contributed by atoms with Gasteiger partial charge in [0.25, 0.3) is 0 Å². The summed E-state index contributed by atoms with van der Waals surface area (Å²) in [7, 11) is 0. The lowest BCUT2D eigenvalue weighted by Crippen LogP contribution is -1.97. The van der Waals surface area contributed by atoms with Crippen LogP contribution in [0.15, 0.2) is 23.7 Å². The molecule has 15 heavy (non-hydrogen) atoms. The van der Waals surface area contributed by atoms with Crippen LogP contribution in [-0.2, 0) is 9.59 Å². The Kier molecular flexibility index (Phi) is 6.97. The average molecular weight is 212 g/mol. The van der Waals surface area contributed by atoms with Crippen molar-refractivity contribution in [1.29, 1.82) is 0 Å². The summed E-state index contributed by atoms with van der Waals surface area (Å²) in [5.41, 5.74) is 0. The van der Waals surface area contributed by atoms with Crippen LogP contribution in [0.5, 0.6) is 0 Å². The normalized spacial score (nSPS) is 12.6. The number of carbonyl (C=O) groups is 2. The van der Waals surface area contributed by atoms with Gasteiger partial charge in [0, 0.05) is 6.08 Å². The SMILES string of the molecule is CCCCCC=C(O)C(O)=CC(=O)C=O. The van der Waals surface area contributed by atoms with Gasteiger partial charge in [-0.25, -0.2) is 0 Å². The number of unbranched alkanes of at least 4 members (excludes halogenated alkanes) is 3. The second-order valence-corrected chi connectivity index (χ2v) is 3.13. The number of carbonyl (C=O) groups excluding carboxylic acids is 2. The van der Waals surface area contributed by atoms with Crippen LogP contribution in [0.25, 0.3) is 0 Å². The molecule has 0 saturated heterocycles. The van der Waals surface area contributed by atoms with Crippen molar-refractivity contribution >= 4 is 12.1 Å². The molecule has 84 valence electrons. The van der Waals surface area contributed by atoms with E-state index in [-0.39, 0.29) is 12.0 Å². The number of hydrogen-bond donors (Lipinski definition) is 2. The zero-order valence-electron chi connectivity index (χ0n) is 8.77. The molecule has 0 rings (SSSR count). The van der Waals surface area contributed by atoms with E-state index in [1.165, 1.54) is 6.08 Å². The molecule has 0 unspecified atom stereocenters. The topological polar surface area (TPSA) is 74.6 Å². The van der Waals surface area contributed by atoms with E-state index >= 15 is 0 Å². The zero-order valence-corrected chi connectivity index (χ0v) is 8.77. The molecule has 0 bridgehead atoms. The summed E-state index contributed by atoms with van der Waals surface area (Å²) in [4.78, 5) is 20.5. The molecule has 0 fully saturated rings. The van der Waals surface area contributed by atoms with E-state index in [2.05, 4.69) is 6.92 Å². The highest BCUT2D eigenvalue weighted by Crippen LogP contribution is 2.07. The molecule has 4 nitrogen and oxygen atoms in total. The zero-order chi connectivity index (χ0) is 11.7. The Labute approximate surface area is 88.9 Å². The summed E-state index contributed by atoms with van der Waals surface area (Å²) < 4.78 is 0. The van der Waals surface area contributed by atoms with E-state index < -0.39 is 11.5 Å². The molecule has 0 aromatic rings. The van der Waals surface area contributed by atoms with E-state index in [0.717, 1.165) is 19.3 Å². The van der Waals surface area contributed by atoms with Gasteiger partial charge in [0.2, 0.25) is 5.78 Å². The summed E-state index contributed by atoms with van der Waals surface area (Å²) in [6, 6.07) is 0. The lowest BCUT2D eigenvalue weighted by molar-refractivity contribution is -0.126. The van der Waals surface area contributed by atoms with Gasteiger partial charge < -0.3 is 10.2 Å². The van der Waals surface area contributed by atoms with Gasteiger partial charge in [-0.1, -0.05) is 19.8 Å². The molecule has 4 heteroatoms. The molecule has 0 aromatic carbocycles. The van der Waals surface area contributed by atoms with Gasteiger partial charge in [-0.15, -0.1) is 0 Å². The summed E-state index contributed by atoms with van der Waals surface area (Å²) in [5, 5.41) is 18.4. The number of allylic oxidation sites excluding steroid dienone is 2. The lowest BCUT2D eigenvalue weighted by Gasteiger charge is -1.98. The van der Waals surface area contributed by atoms with Gasteiger partial charge in [0.15, 0.2) is 17.8 Å². The third kappa shape index (κ3) is 6.49. The first-order valence-electron chi connectivity index (χ1n) is 4.91. The number of aliphatic hydroxyl groups is 2. The maximum Gasteiger partial charge on any atom is 0.222 e. The Morgan fingerprint density at radius 1 is 1.20 bits per heavy atom. The standard InChI is InChI=1S/C11H16O4/c1-2-3-4-5-6-10(14)11(15)7-9(13)8-12/h6-8,14-15H,2-5H2,1H3. The van der Waals surface area contributed by atoms with Gasteiger partial charge in [-0.3, -0.25) is 9.59 Å². The predicted octanol–water partition coefficient (Wildman–Crippen LogP) is 2.22. The van der Waals surface area contributed by atoms with Crippen LogP contribution in [0.4, 0.5) is 0 Å². The molecule has 0 saturated carbocycles. The largest absolute Gasteiger partial charge is 0.504 e. The van der Waals surface area contributed by atoms with E-state index in [0.29, 0.717) is 12.5 Å². The van der Waals surface area contributed by atoms with Gasteiger partial charge in [-0.05, 0) is 18.9 Å². The second kappa shape index (κ2) is 7.79. The van der Waals surface area contributed by atoms with E-state index in [1.807, 2.05) is 0 Å². The number of hydrogen-bond acceptors (Lipinski definition) is 4. The Morgan fingerprint density at radius 3 is 2.40 bits per heavy atom. The van der Waals surface area contributed by atoms with Crippen LogP contribution in [0.3, 0.4) is 0 Å². The fourth-order valence-corrected chi connectivity index (χ4v) is 0.980. The summed E-state index contributed by atoms with van der Waals surface area (Å²) in [6.45, 7) is 2.06. The third-order valence-corrected chi connectivity index (χ3v) is 1.80. The molecule has 0 aliphatic carbocycles. The third-order valence-electron chi connectivity index (χ3n) is 1.80. The smallest absolute Gasteiger partial charge is 0.222 e. The molecule has 0 aliphatic heterocycles. The van der Waals surface area contributed by atoms with Crippen LogP contribution in [0.1, 0.15) is 32.6 Å². The maximum absolute atomic E-state index is 10.6. The average Bonchev–Trinajstić information content (AvgIpc) is 2.23. The number of aldehydes is 1. The van der Waals surface area contributed by atoms with Crippen molar-refractivity contribution in [3.8, 4) is 0 Å². The van der Waals surface area contributed by atoms with Gasteiger partial charge in [0.1, 0.15) is 0 Å². The molecule has 0 aliphatic rings. The first-order chi connectivity index (χ1) is 7.11. The first kappa shape index (κ1) is 13.4. The number of ketones is 1. The minimum Gasteiger partial charge on any atom is -0.504 e. The van der Waals surface area contributed by atoms with Crippen LogP contribution < -0.4 is 0 Å². The minimum absolute atomic E-state index is 0.0700. The number of rotatable bonds is 7. The molecule has 2 N–H and O–H groups in total. The maximum atomic E-state index is 10.6. The minimum atomic E-state index is -0.874. The molecule has 0 aromatic heterocycles. The van der Waals surface area contributed by atoms with Crippen molar-refractivity contribution in [3.05, 3.63) is 23.7 Å². The molecule has 0 amide bonds. The second-order valence-electron chi connectivity index (χ2n) is 3.13. The lowest BCUT2D eigenvalue weighted by atomic mass is 10.2. The Hall–Kier alpha value is -1.58. The monoisotopic (exact) mass is 212 g/mol. The van der Waals surface area contributed by atoms with Crippen molar-refractivity contribution in [2.75, 3.05) is 0 Å². The summed E-state index contributed by atoms with van der Waals surface area (Å²) in [5.74, 6) is -1.80.